The zero-order valence-corrected chi connectivity index (χ0v) is 21.9. The van der Waals surface area contributed by atoms with E-state index >= 15 is 0 Å². The van der Waals surface area contributed by atoms with Crippen molar-refractivity contribution in [2.24, 2.45) is 5.10 Å². The van der Waals surface area contributed by atoms with Gasteiger partial charge < -0.3 is 14.5 Å². The summed E-state index contributed by atoms with van der Waals surface area (Å²) >= 11 is 6.48. The first-order chi connectivity index (χ1) is 19.5. The van der Waals surface area contributed by atoms with Crippen molar-refractivity contribution in [3.8, 4) is 28.7 Å². The van der Waals surface area contributed by atoms with Gasteiger partial charge in [-0.2, -0.15) is 10.4 Å². The van der Waals surface area contributed by atoms with Crippen LogP contribution in [0.25, 0.3) is 22.0 Å². The van der Waals surface area contributed by atoms with Gasteiger partial charge >= 0.3 is 5.97 Å². The van der Waals surface area contributed by atoms with E-state index in [1.807, 2.05) is 12.1 Å². The summed E-state index contributed by atoms with van der Waals surface area (Å²) in [5.74, 6) is -0.326. The number of nitrogens with zero attached hydrogens (tertiary/aromatic N) is 2. The van der Waals surface area contributed by atoms with E-state index in [4.69, 9.17) is 21.1 Å². The maximum atomic E-state index is 13.3. The zero-order valence-electron chi connectivity index (χ0n) is 21.1. The molecule has 9 heteroatoms. The molecule has 5 aromatic rings. The van der Waals surface area contributed by atoms with Crippen molar-refractivity contribution < 1.29 is 19.1 Å². The molecule has 0 unspecified atom stereocenters. The molecule has 2 N–H and O–H groups in total. The second kappa shape index (κ2) is 11.6. The van der Waals surface area contributed by atoms with Gasteiger partial charge in [-0.15, -0.1) is 0 Å². The van der Waals surface area contributed by atoms with Gasteiger partial charge in [-0.1, -0.05) is 60.1 Å². The van der Waals surface area contributed by atoms with Crippen LogP contribution in [0.5, 0.6) is 11.5 Å². The van der Waals surface area contributed by atoms with Crippen LogP contribution in [0.1, 0.15) is 32.0 Å². The first-order valence-electron chi connectivity index (χ1n) is 12.1. The molecule has 0 bridgehead atoms. The molecule has 0 radical (unpaired) electrons. The first kappa shape index (κ1) is 26.2. The van der Waals surface area contributed by atoms with E-state index in [0.29, 0.717) is 49.5 Å². The Balaban J connectivity index is 1.42. The molecule has 0 saturated carbocycles. The third kappa shape index (κ3) is 5.27. The maximum absolute atomic E-state index is 13.3. The van der Waals surface area contributed by atoms with Crippen LogP contribution in [0.15, 0.2) is 96.1 Å². The number of nitrogens with one attached hydrogen (secondary N) is 2. The number of nitriles is 1. The smallest absolute Gasteiger partial charge is 0.343 e. The number of hydrogen-bond donors (Lipinski definition) is 2. The minimum atomic E-state index is -0.570. The maximum Gasteiger partial charge on any atom is 0.343 e. The molecule has 1 aromatic heterocycles. The summed E-state index contributed by atoms with van der Waals surface area (Å²) in [7, 11) is 1.51. The third-order valence-corrected chi connectivity index (χ3v) is 6.45. The number of methoxy groups -OCH3 is 1. The van der Waals surface area contributed by atoms with Crippen LogP contribution >= 0.6 is 11.6 Å². The molecule has 0 spiro atoms. The van der Waals surface area contributed by atoms with Crippen LogP contribution in [0.3, 0.4) is 0 Å². The third-order valence-electron chi connectivity index (χ3n) is 6.12. The standard InChI is InChI=1S/C31H21ClN4O4/c1-39-22-11-6-9-19(16-22)31(38)40-26-15-5-2-8-21(26)18-34-36-30(37)29-27(23-12-3-4-14-25(23)32)24-13-7-10-20(17-33)28(24)35-29/h2-16,18,35H,1H3,(H,36,37). The number of carbonyl (C=O) groups is 2. The topological polar surface area (TPSA) is 117 Å². The Labute approximate surface area is 234 Å². The molecule has 0 atom stereocenters. The van der Waals surface area contributed by atoms with E-state index in [9.17, 15) is 14.9 Å². The molecule has 1 amide bonds. The molecule has 0 fully saturated rings. The summed E-state index contributed by atoms with van der Waals surface area (Å²) in [6.45, 7) is 0. The summed E-state index contributed by atoms with van der Waals surface area (Å²) in [6.07, 6.45) is 1.38. The predicted octanol–water partition coefficient (Wildman–Crippen LogP) is 6.35. The van der Waals surface area contributed by atoms with Crippen molar-refractivity contribution >= 4 is 40.6 Å². The van der Waals surface area contributed by atoms with E-state index in [-0.39, 0.29) is 11.4 Å². The SMILES string of the molecule is COc1cccc(C(=O)Oc2ccccc2C=NNC(=O)c2[nH]c3c(C#N)cccc3c2-c2ccccc2Cl)c1. The number of ether oxygens (including phenoxy) is 2. The predicted molar refractivity (Wildman–Crippen MR) is 153 cm³/mol. The number of para-hydroxylation sites is 2. The van der Waals surface area contributed by atoms with Crippen LogP contribution < -0.4 is 14.9 Å². The molecule has 0 aliphatic heterocycles. The van der Waals surface area contributed by atoms with Gasteiger partial charge in [-0.3, -0.25) is 4.79 Å². The van der Waals surface area contributed by atoms with Gasteiger partial charge in [0.2, 0.25) is 0 Å². The van der Waals surface area contributed by atoms with E-state index in [1.165, 1.54) is 13.3 Å². The number of aromatic nitrogens is 1. The molecule has 5 rings (SSSR count). The van der Waals surface area contributed by atoms with E-state index in [1.54, 1.807) is 78.9 Å². The number of hydrogen-bond acceptors (Lipinski definition) is 6. The summed E-state index contributed by atoms with van der Waals surface area (Å²) in [6, 6.07) is 27.9. The Hall–Kier alpha value is -5.39. The number of fused-ring (bicyclic) bond motifs is 1. The van der Waals surface area contributed by atoms with Gasteiger partial charge in [0.1, 0.15) is 23.3 Å². The van der Waals surface area contributed by atoms with Gasteiger partial charge in [0.25, 0.3) is 5.91 Å². The molecule has 196 valence electrons. The van der Waals surface area contributed by atoms with E-state index in [2.05, 4.69) is 21.6 Å². The number of amides is 1. The fraction of sp³-hybridized carbons (Fsp3) is 0.0323. The fourth-order valence-corrected chi connectivity index (χ4v) is 4.46. The number of rotatable bonds is 7. The molecular weight excluding hydrogens is 528 g/mol. The minimum Gasteiger partial charge on any atom is -0.497 e. The lowest BCUT2D eigenvalue weighted by atomic mass is 10.0. The summed E-state index contributed by atoms with van der Waals surface area (Å²) < 4.78 is 10.8. The largest absolute Gasteiger partial charge is 0.497 e. The highest BCUT2D eigenvalue weighted by Gasteiger charge is 2.22. The Morgan fingerprint density at radius 3 is 2.58 bits per heavy atom. The fourth-order valence-electron chi connectivity index (χ4n) is 4.23. The Bertz CT molecular complexity index is 1820. The van der Waals surface area contributed by atoms with Gasteiger partial charge in [-0.05, 0) is 42.5 Å². The quantitative estimate of drug-likeness (QED) is 0.106. The van der Waals surface area contributed by atoms with Crippen molar-refractivity contribution in [3.05, 3.63) is 118 Å². The number of H-pyrrole nitrogens is 1. The van der Waals surface area contributed by atoms with Crippen molar-refractivity contribution in [2.45, 2.75) is 0 Å². The highest BCUT2D eigenvalue weighted by molar-refractivity contribution is 6.34. The van der Waals surface area contributed by atoms with Gasteiger partial charge in [0.05, 0.1) is 30.0 Å². The van der Waals surface area contributed by atoms with E-state index in [0.717, 1.165) is 0 Å². The Morgan fingerprint density at radius 2 is 1.77 bits per heavy atom. The van der Waals surface area contributed by atoms with Gasteiger partial charge in [0.15, 0.2) is 0 Å². The minimum absolute atomic E-state index is 0.195. The van der Waals surface area contributed by atoms with Crippen LogP contribution in [0.2, 0.25) is 5.02 Å². The van der Waals surface area contributed by atoms with Crippen molar-refractivity contribution in [1.29, 1.82) is 5.26 Å². The Kier molecular flexibility index (Phi) is 7.58. The highest BCUT2D eigenvalue weighted by atomic mass is 35.5. The Morgan fingerprint density at radius 1 is 1.00 bits per heavy atom. The average molecular weight is 549 g/mol. The molecule has 4 aromatic carbocycles. The van der Waals surface area contributed by atoms with E-state index < -0.39 is 11.9 Å². The van der Waals surface area contributed by atoms with Gasteiger partial charge in [0, 0.05) is 27.1 Å². The van der Waals surface area contributed by atoms with Crippen molar-refractivity contribution in [3.63, 3.8) is 0 Å². The zero-order chi connectivity index (χ0) is 28.1. The lowest BCUT2D eigenvalue weighted by Crippen LogP contribution is -2.19. The summed E-state index contributed by atoms with van der Waals surface area (Å²) in [5.41, 5.74) is 5.60. The monoisotopic (exact) mass is 548 g/mol. The number of aromatic amines is 1. The molecule has 0 aliphatic carbocycles. The van der Waals surface area contributed by atoms with Crippen LogP contribution in [-0.4, -0.2) is 30.2 Å². The lowest BCUT2D eigenvalue weighted by Gasteiger charge is -2.08. The number of hydrazone groups is 1. The molecule has 40 heavy (non-hydrogen) atoms. The molecule has 0 saturated heterocycles. The number of esters is 1. The number of benzene rings is 4. The van der Waals surface area contributed by atoms with Crippen LogP contribution in [-0.2, 0) is 0 Å². The second-order valence-electron chi connectivity index (χ2n) is 8.55. The van der Waals surface area contributed by atoms with Crippen LogP contribution in [0, 0.1) is 11.3 Å². The normalized spacial score (nSPS) is 10.8. The van der Waals surface area contributed by atoms with Crippen molar-refractivity contribution in [2.75, 3.05) is 7.11 Å². The molecule has 1 heterocycles. The summed E-state index contributed by atoms with van der Waals surface area (Å²) in [4.78, 5) is 29.1. The molecule has 8 nitrogen and oxygen atoms in total. The second-order valence-corrected chi connectivity index (χ2v) is 8.96. The summed E-state index contributed by atoms with van der Waals surface area (Å²) in [5, 5.41) is 14.8. The first-order valence-corrected chi connectivity index (χ1v) is 12.5. The number of halogens is 1. The highest BCUT2D eigenvalue weighted by Crippen LogP contribution is 2.37. The molecule has 0 aliphatic rings. The lowest BCUT2D eigenvalue weighted by molar-refractivity contribution is 0.0733. The molecular formula is C31H21ClN4O4. The van der Waals surface area contributed by atoms with Crippen LogP contribution in [0.4, 0.5) is 0 Å². The number of carbonyl (C=O) groups excluding carboxylic acids is 2. The van der Waals surface area contributed by atoms with Crippen molar-refractivity contribution in [1.82, 2.24) is 10.4 Å². The van der Waals surface area contributed by atoms with Gasteiger partial charge in [-0.25, -0.2) is 10.2 Å². The average Bonchev–Trinajstić information content (AvgIpc) is 3.38.